The fourth-order valence-electron chi connectivity index (χ4n) is 1.56. The molecule has 0 aliphatic heterocycles. The molecule has 6 heteroatoms. The Kier molecular flexibility index (Phi) is 7.45. The van der Waals surface area contributed by atoms with Crippen molar-refractivity contribution in [1.82, 2.24) is 10.0 Å². The van der Waals surface area contributed by atoms with Crippen LogP contribution in [-0.4, -0.2) is 33.5 Å². The molecule has 0 amide bonds. The SMILES string of the molecule is CCNCc1ccc(S(=O)(=O)NCCCSC)cc1. The van der Waals surface area contributed by atoms with E-state index in [1.807, 2.05) is 25.3 Å². The standard InChI is InChI=1S/C13H22N2O2S2/c1-3-14-11-12-5-7-13(8-6-12)19(16,17)15-9-4-10-18-2/h5-8,14-15H,3-4,9-11H2,1-2H3. The molecule has 0 bridgehead atoms. The third-order valence-corrected chi connectivity index (χ3v) is 4.80. The van der Waals surface area contributed by atoms with Crippen LogP contribution in [0.1, 0.15) is 18.9 Å². The van der Waals surface area contributed by atoms with E-state index in [1.165, 1.54) is 0 Å². The van der Waals surface area contributed by atoms with E-state index < -0.39 is 10.0 Å². The van der Waals surface area contributed by atoms with E-state index in [9.17, 15) is 8.42 Å². The molecule has 0 heterocycles. The smallest absolute Gasteiger partial charge is 0.240 e. The van der Waals surface area contributed by atoms with E-state index in [2.05, 4.69) is 10.0 Å². The van der Waals surface area contributed by atoms with Crippen molar-refractivity contribution in [1.29, 1.82) is 0 Å². The topological polar surface area (TPSA) is 58.2 Å². The van der Waals surface area contributed by atoms with E-state index in [-0.39, 0.29) is 0 Å². The van der Waals surface area contributed by atoms with Crippen LogP contribution in [0.2, 0.25) is 0 Å². The Morgan fingerprint density at radius 2 is 1.89 bits per heavy atom. The van der Waals surface area contributed by atoms with Crippen LogP contribution in [0.3, 0.4) is 0 Å². The zero-order valence-electron chi connectivity index (χ0n) is 11.5. The molecule has 1 rings (SSSR count). The third kappa shape index (κ3) is 5.95. The van der Waals surface area contributed by atoms with Crippen LogP contribution in [0.15, 0.2) is 29.2 Å². The van der Waals surface area contributed by atoms with Gasteiger partial charge in [0.2, 0.25) is 10.0 Å². The Morgan fingerprint density at radius 1 is 1.21 bits per heavy atom. The highest BCUT2D eigenvalue weighted by atomic mass is 32.2. The van der Waals surface area contributed by atoms with Gasteiger partial charge >= 0.3 is 0 Å². The third-order valence-electron chi connectivity index (χ3n) is 2.63. The van der Waals surface area contributed by atoms with E-state index in [4.69, 9.17) is 0 Å². The molecule has 2 N–H and O–H groups in total. The lowest BCUT2D eigenvalue weighted by Gasteiger charge is -2.07. The second-order valence-corrected chi connectivity index (χ2v) is 6.92. The first-order valence-corrected chi connectivity index (χ1v) is 9.26. The largest absolute Gasteiger partial charge is 0.313 e. The van der Waals surface area contributed by atoms with Crippen LogP contribution in [0.25, 0.3) is 0 Å². The van der Waals surface area contributed by atoms with Crippen molar-refractivity contribution in [3.63, 3.8) is 0 Å². The molecule has 0 unspecified atom stereocenters. The number of hydrogen-bond acceptors (Lipinski definition) is 4. The summed E-state index contributed by atoms with van der Waals surface area (Å²) in [7, 11) is -3.36. The predicted molar refractivity (Wildman–Crippen MR) is 82.0 cm³/mol. The Balaban J connectivity index is 2.58. The monoisotopic (exact) mass is 302 g/mol. The van der Waals surface area contributed by atoms with Gasteiger partial charge in [-0.05, 0) is 42.7 Å². The maximum absolute atomic E-state index is 12.0. The summed E-state index contributed by atoms with van der Waals surface area (Å²) in [5.41, 5.74) is 1.09. The molecule has 1 aromatic rings. The summed E-state index contributed by atoms with van der Waals surface area (Å²) >= 11 is 1.72. The molecule has 0 aromatic heterocycles. The van der Waals surface area contributed by atoms with Gasteiger partial charge in [0.15, 0.2) is 0 Å². The number of nitrogens with one attached hydrogen (secondary N) is 2. The van der Waals surface area contributed by atoms with Crippen molar-refractivity contribution in [3.05, 3.63) is 29.8 Å². The quantitative estimate of drug-likeness (QED) is 0.683. The summed E-state index contributed by atoms with van der Waals surface area (Å²) < 4.78 is 26.6. The minimum atomic E-state index is -3.36. The second-order valence-electron chi connectivity index (χ2n) is 4.17. The van der Waals surface area contributed by atoms with E-state index in [0.717, 1.165) is 30.8 Å². The number of rotatable bonds is 9. The molecule has 0 spiro atoms. The van der Waals surface area contributed by atoms with Gasteiger partial charge in [-0.25, -0.2) is 13.1 Å². The normalized spacial score (nSPS) is 11.7. The second kappa shape index (κ2) is 8.58. The van der Waals surface area contributed by atoms with Crippen molar-refractivity contribution in [2.45, 2.75) is 24.8 Å². The highest BCUT2D eigenvalue weighted by Crippen LogP contribution is 2.10. The molecular weight excluding hydrogens is 280 g/mol. The minimum Gasteiger partial charge on any atom is -0.313 e. The zero-order chi connectivity index (χ0) is 14.1. The van der Waals surface area contributed by atoms with Crippen LogP contribution in [0, 0.1) is 0 Å². The van der Waals surface area contributed by atoms with Gasteiger partial charge < -0.3 is 5.32 Å². The number of sulfonamides is 1. The van der Waals surface area contributed by atoms with Crippen molar-refractivity contribution in [2.75, 3.05) is 25.1 Å². The number of thioether (sulfide) groups is 1. The van der Waals surface area contributed by atoms with Crippen molar-refractivity contribution >= 4 is 21.8 Å². The van der Waals surface area contributed by atoms with Gasteiger partial charge in [-0.1, -0.05) is 19.1 Å². The molecule has 0 atom stereocenters. The molecule has 19 heavy (non-hydrogen) atoms. The lowest BCUT2D eigenvalue weighted by atomic mass is 10.2. The highest BCUT2D eigenvalue weighted by molar-refractivity contribution is 7.98. The molecule has 0 fully saturated rings. The lowest BCUT2D eigenvalue weighted by Crippen LogP contribution is -2.25. The molecule has 108 valence electrons. The highest BCUT2D eigenvalue weighted by Gasteiger charge is 2.12. The van der Waals surface area contributed by atoms with Gasteiger partial charge in [0.1, 0.15) is 0 Å². The van der Waals surface area contributed by atoms with Crippen LogP contribution in [-0.2, 0) is 16.6 Å². The lowest BCUT2D eigenvalue weighted by molar-refractivity contribution is 0.581. The fraction of sp³-hybridized carbons (Fsp3) is 0.538. The first-order chi connectivity index (χ1) is 9.10. The van der Waals surface area contributed by atoms with Crippen LogP contribution in [0.4, 0.5) is 0 Å². The molecule has 0 radical (unpaired) electrons. The molecule has 4 nitrogen and oxygen atoms in total. The van der Waals surface area contributed by atoms with Gasteiger partial charge in [0.25, 0.3) is 0 Å². The molecular formula is C13H22N2O2S2. The summed E-state index contributed by atoms with van der Waals surface area (Å²) in [5, 5.41) is 3.20. The summed E-state index contributed by atoms with van der Waals surface area (Å²) in [6, 6.07) is 7.01. The van der Waals surface area contributed by atoms with Gasteiger partial charge in [0, 0.05) is 13.1 Å². The maximum atomic E-state index is 12.0. The van der Waals surface area contributed by atoms with Crippen molar-refractivity contribution in [3.8, 4) is 0 Å². The Hall–Kier alpha value is -0.560. The summed E-state index contributed by atoms with van der Waals surface area (Å²) in [4.78, 5) is 0.330. The van der Waals surface area contributed by atoms with Crippen LogP contribution >= 0.6 is 11.8 Å². The average molecular weight is 302 g/mol. The van der Waals surface area contributed by atoms with Gasteiger partial charge in [-0.3, -0.25) is 0 Å². The Labute approximate surface area is 120 Å². The minimum absolute atomic E-state index is 0.330. The molecule has 0 saturated heterocycles. The molecule has 0 aliphatic rings. The van der Waals surface area contributed by atoms with Gasteiger partial charge in [-0.15, -0.1) is 0 Å². The predicted octanol–water partition coefficient (Wildman–Crippen LogP) is 1.83. The van der Waals surface area contributed by atoms with E-state index in [0.29, 0.717) is 11.4 Å². The van der Waals surface area contributed by atoms with Crippen molar-refractivity contribution in [2.24, 2.45) is 0 Å². The van der Waals surface area contributed by atoms with Crippen LogP contribution in [0.5, 0.6) is 0 Å². The first-order valence-electron chi connectivity index (χ1n) is 6.38. The summed E-state index contributed by atoms with van der Waals surface area (Å²) in [5.74, 6) is 0.962. The average Bonchev–Trinajstić information content (AvgIpc) is 2.42. The molecule has 0 saturated carbocycles. The fourth-order valence-corrected chi connectivity index (χ4v) is 3.07. The number of hydrogen-bond donors (Lipinski definition) is 2. The summed E-state index contributed by atoms with van der Waals surface area (Å²) in [6.45, 7) is 4.19. The number of benzene rings is 1. The van der Waals surface area contributed by atoms with E-state index >= 15 is 0 Å². The van der Waals surface area contributed by atoms with Gasteiger partial charge in [0.05, 0.1) is 4.90 Å². The maximum Gasteiger partial charge on any atom is 0.240 e. The molecule has 1 aromatic carbocycles. The molecule has 0 aliphatic carbocycles. The van der Waals surface area contributed by atoms with Crippen LogP contribution < -0.4 is 10.0 Å². The first kappa shape index (κ1) is 16.5. The Morgan fingerprint density at radius 3 is 2.47 bits per heavy atom. The van der Waals surface area contributed by atoms with Crippen molar-refractivity contribution < 1.29 is 8.42 Å². The van der Waals surface area contributed by atoms with E-state index in [1.54, 1.807) is 23.9 Å². The Bertz CT molecular complexity index is 458. The summed E-state index contributed by atoms with van der Waals surface area (Å²) in [6.07, 6.45) is 2.86. The van der Waals surface area contributed by atoms with Gasteiger partial charge in [-0.2, -0.15) is 11.8 Å². The zero-order valence-corrected chi connectivity index (χ0v) is 13.1.